The van der Waals surface area contributed by atoms with Crippen molar-refractivity contribution in [3.05, 3.63) is 61.6 Å². The van der Waals surface area contributed by atoms with Gasteiger partial charge in [-0.15, -0.1) is 0 Å². The minimum Gasteiger partial charge on any atom is -0.357 e. The zero-order valence-corrected chi connectivity index (χ0v) is 21.6. The molecule has 0 heterocycles. The summed E-state index contributed by atoms with van der Waals surface area (Å²) in [4.78, 5) is 26.8. The van der Waals surface area contributed by atoms with Crippen molar-refractivity contribution in [3.63, 3.8) is 0 Å². The smallest absolute Gasteiger partial charge is 0.244 e. The number of carbonyl (C=O) groups excluding carboxylic acids is 2. The molecule has 7 nitrogen and oxygen atoms in total. The Bertz CT molecular complexity index is 1040. The largest absolute Gasteiger partial charge is 0.357 e. The van der Waals surface area contributed by atoms with E-state index in [0.717, 1.165) is 14.1 Å². The highest BCUT2D eigenvalue weighted by molar-refractivity contribution is 14.1. The number of anilines is 1. The fraction of sp³-hybridized carbons (Fsp3) is 0.300. The van der Waals surface area contributed by atoms with E-state index < -0.39 is 34.4 Å². The van der Waals surface area contributed by atoms with E-state index in [2.05, 4.69) is 27.9 Å². The number of nitrogens with zero attached hydrogens (tertiary/aromatic N) is 2. The highest BCUT2D eigenvalue weighted by Crippen LogP contribution is 2.27. The lowest BCUT2D eigenvalue weighted by molar-refractivity contribution is -0.139. The number of carbonyl (C=O) groups is 2. The quantitative estimate of drug-likeness (QED) is 0.472. The summed E-state index contributed by atoms with van der Waals surface area (Å²) in [6.45, 7) is 1.01. The van der Waals surface area contributed by atoms with E-state index in [0.29, 0.717) is 21.3 Å². The molecule has 2 aromatic carbocycles. The molecule has 1 atom stereocenters. The van der Waals surface area contributed by atoms with E-state index in [9.17, 15) is 18.0 Å². The predicted octanol–water partition coefficient (Wildman–Crippen LogP) is 3.53. The van der Waals surface area contributed by atoms with E-state index in [-0.39, 0.29) is 6.54 Å². The van der Waals surface area contributed by atoms with Crippen molar-refractivity contribution in [1.29, 1.82) is 0 Å². The van der Waals surface area contributed by atoms with Crippen LogP contribution in [0.2, 0.25) is 10.0 Å². The minimum atomic E-state index is -3.77. The first-order chi connectivity index (χ1) is 14.5. The molecule has 0 saturated heterocycles. The SMILES string of the molecule is CNC(=O)[C@H](C)N(Cc1c(Cl)cccc1Cl)C(=O)CN(c1ccc(I)cc1)S(C)(=O)=O. The van der Waals surface area contributed by atoms with Crippen LogP contribution in [0.5, 0.6) is 0 Å². The van der Waals surface area contributed by atoms with Crippen LogP contribution in [-0.2, 0) is 26.2 Å². The summed E-state index contributed by atoms with van der Waals surface area (Å²) in [6.07, 6.45) is 1.02. The van der Waals surface area contributed by atoms with Gasteiger partial charge in [-0.2, -0.15) is 0 Å². The molecule has 2 amide bonds. The summed E-state index contributed by atoms with van der Waals surface area (Å²) < 4.78 is 26.8. The topological polar surface area (TPSA) is 86.8 Å². The zero-order chi connectivity index (χ0) is 23.3. The molecule has 0 aliphatic rings. The lowest BCUT2D eigenvalue weighted by Crippen LogP contribution is -2.50. The van der Waals surface area contributed by atoms with Gasteiger partial charge in [-0.3, -0.25) is 13.9 Å². The molecule has 0 unspecified atom stereocenters. The molecule has 0 fully saturated rings. The Balaban J connectivity index is 2.43. The second kappa shape index (κ2) is 10.8. The molecule has 0 radical (unpaired) electrons. The molecule has 0 aliphatic heterocycles. The molecule has 31 heavy (non-hydrogen) atoms. The van der Waals surface area contributed by atoms with Crippen LogP contribution >= 0.6 is 45.8 Å². The Morgan fingerprint density at radius 1 is 1.10 bits per heavy atom. The molecule has 2 aromatic rings. The second-order valence-corrected chi connectivity index (χ2v) is 10.7. The van der Waals surface area contributed by atoms with Crippen molar-refractivity contribution in [2.24, 2.45) is 0 Å². The number of nitrogens with one attached hydrogen (secondary N) is 1. The molecule has 1 N–H and O–H groups in total. The molecular formula is C20H22Cl2IN3O4S. The van der Waals surface area contributed by atoms with Gasteiger partial charge in [0.1, 0.15) is 12.6 Å². The van der Waals surface area contributed by atoms with Gasteiger partial charge in [-0.25, -0.2) is 8.42 Å². The van der Waals surface area contributed by atoms with Gasteiger partial charge >= 0.3 is 0 Å². The van der Waals surface area contributed by atoms with Crippen molar-refractivity contribution in [3.8, 4) is 0 Å². The highest BCUT2D eigenvalue weighted by Gasteiger charge is 2.30. The first kappa shape index (κ1) is 25.7. The van der Waals surface area contributed by atoms with Crippen molar-refractivity contribution >= 4 is 73.3 Å². The Labute approximate surface area is 205 Å². The Kier molecular flexibility index (Phi) is 8.99. The summed E-state index contributed by atoms with van der Waals surface area (Å²) in [6, 6.07) is 10.8. The number of benzene rings is 2. The van der Waals surface area contributed by atoms with Crippen molar-refractivity contribution < 1.29 is 18.0 Å². The average Bonchev–Trinajstić information content (AvgIpc) is 2.70. The zero-order valence-electron chi connectivity index (χ0n) is 17.1. The van der Waals surface area contributed by atoms with E-state index in [4.69, 9.17) is 23.2 Å². The van der Waals surface area contributed by atoms with Gasteiger partial charge < -0.3 is 10.2 Å². The van der Waals surface area contributed by atoms with Gasteiger partial charge in [-0.05, 0) is 65.9 Å². The number of hydrogen-bond acceptors (Lipinski definition) is 4. The first-order valence-corrected chi connectivity index (χ1v) is 12.8. The number of halogens is 3. The maximum absolute atomic E-state index is 13.3. The third kappa shape index (κ3) is 6.71. The van der Waals surface area contributed by atoms with Crippen LogP contribution in [0.3, 0.4) is 0 Å². The summed E-state index contributed by atoms with van der Waals surface area (Å²) in [7, 11) is -2.31. The second-order valence-electron chi connectivity index (χ2n) is 6.76. The van der Waals surface area contributed by atoms with E-state index >= 15 is 0 Å². The third-order valence-corrected chi connectivity index (χ3v) is 7.17. The van der Waals surface area contributed by atoms with Gasteiger partial charge in [-0.1, -0.05) is 29.3 Å². The Morgan fingerprint density at radius 3 is 2.13 bits per heavy atom. The lowest BCUT2D eigenvalue weighted by Gasteiger charge is -2.31. The van der Waals surface area contributed by atoms with Gasteiger partial charge in [0.05, 0.1) is 11.9 Å². The summed E-state index contributed by atoms with van der Waals surface area (Å²) in [5, 5.41) is 3.18. The van der Waals surface area contributed by atoms with Crippen LogP contribution in [0.1, 0.15) is 12.5 Å². The Hall–Kier alpha value is -1.56. The number of likely N-dealkylation sites (N-methyl/N-ethyl adjacent to an activating group) is 1. The number of amides is 2. The normalized spacial score (nSPS) is 12.2. The lowest BCUT2D eigenvalue weighted by atomic mass is 10.1. The van der Waals surface area contributed by atoms with E-state index in [1.165, 1.54) is 11.9 Å². The molecule has 11 heteroatoms. The molecular weight excluding hydrogens is 576 g/mol. The summed E-state index contributed by atoms with van der Waals surface area (Å²) in [5.74, 6) is -0.979. The molecule has 0 aromatic heterocycles. The minimum absolute atomic E-state index is 0.0593. The molecule has 0 aliphatic carbocycles. The third-order valence-electron chi connectivity index (χ3n) is 4.60. The average molecular weight is 598 g/mol. The number of hydrogen-bond donors (Lipinski definition) is 1. The highest BCUT2D eigenvalue weighted by atomic mass is 127. The maximum Gasteiger partial charge on any atom is 0.244 e. The number of sulfonamides is 1. The van der Waals surface area contributed by atoms with Gasteiger partial charge in [0.25, 0.3) is 0 Å². The fourth-order valence-corrected chi connectivity index (χ4v) is 4.59. The summed E-state index contributed by atoms with van der Waals surface area (Å²) in [5.41, 5.74) is 0.815. The fourth-order valence-electron chi connectivity index (χ4n) is 2.87. The van der Waals surface area contributed by atoms with Crippen molar-refractivity contribution in [2.75, 3.05) is 24.2 Å². The molecule has 168 valence electrons. The molecule has 0 spiro atoms. The van der Waals surface area contributed by atoms with E-state index in [1.807, 2.05) is 0 Å². The van der Waals surface area contributed by atoms with Crippen LogP contribution < -0.4 is 9.62 Å². The first-order valence-electron chi connectivity index (χ1n) is 9.13. The van der Waals surface area contributed by atoms with Gasteiger partial charge in [0.15, 0.2) is 0 Å². The molecule has 0 bridgehead atoms. The van der Waals surface area contributed by atoms with E-state index in [1.54, 1.807) is 49.4 Å². The molecule has 0 saturated carbocycles. The van der Waals surface area contributed by atoms with Crippen LogP contribution in [0.25, 0.3) is 0 Å². The van der Waals surface area contributed by atoms with Gasteiger partial charge in [0, 0.05) is 32.8 Å². The van der Waals surface area contributed by atoms with Crippen LogP contribution in [-0.4, -0.2) is 51.0 Å². The molecule has 2 rings (SSSR count). The van der Waals surface area contributed by atoms with Crippen LogP contribution in [0.4, 0.5) is 5.69 Å². The van der Waals surface area contributed by atoms with Crippen molar-refractivity contribution in [1.82, 2.24) is 10.2 Å². The standard InChI is InChI=1S/C20H22Cl2IN3O4S/c1-13(20(28)24-2)25(11-16-17(21)5-4-6-18(16)22)19(27)12-26(31(3,29)30)15-9-7-14(23)8-10-15/h4-10,13H,11-12H2,1-3H3,(H,24,28)/t13-/m0/s1. The Morgan fingerprint density at radius 2 is 1.65 bits per heavy atom. The maximum atomic E-state index is 13.3. The predicted molar refractivity (Wildman–Crippen MR) is 132 cm³/mol. The van der Waals surface area contributed by atoms with Crippen LogP contribution in [0, 0.1) is 3.57 Å². The number of rotatable bonds is 8. The van der Waals surface area contributed by atoms with Crippen molar-refractivity contribution in [2.45, 2.75) is 19.5 Å². The summed E-state index contributed by atoms with van der Waals surface area (Å²) >= 11 is 14.6. The monoisotopic (exact) mass is 597 g/mol. The van der Waals surface area contributed by atoms with Gasteiger partial charge in [0.2, 0.25) is 21.8 Å². The van der Waals surface area contributed by atoms with Crippen LogP contribution in [0.15, 0.2) is 42.5 Å².